The van der Waals surface area contributed by atoms with E-state index in [-0.39, 0.29) is 26.2 Å². The fourth-order valence-electron chi connectivity index (χ4n) is 0.563. The summed E-state index contributed by atoms with van der Waals surface area (Å²) in [5, 5.41) is 25.1. The Morgan fingerprint density at radius 3 is 0.880 bits per heavy atom. The van der Waals surface area contributed by atoms with E-state index in [9.17, 15) is 12.3 Å². The number of aliphatic hydroxyl groups is 3. The molecule has 150 valence electrons. The fourth-order valence-corrected chi connectivity index (χ4v) is 1.13. The standard InChI is InChI=1S/C5H4F3Si.3C4H10O.Zr/c6-9(7,8)5-3-1-2-4-5;3*1-4(2,3)5;/h1-4H;3*5H,1-3H3;/q-1;;;;. The van der Waals surface area contributed by atoms with Gasteiger partial charge in [-0.3, -0.25) is 0 Å². The van der Waals surface area contributed by atoms with Crippen molar-refractivity contribution in [2.24, 2.45) is 0 Å². The SMILES string of the molecule is CC(C)(C)O.CC(C)(C)O.CC(C)(C)O.F[Si](F)(F)[c-]1cccc1.[Zr]. The van der Waals surface area contributed by atoms with Crippen LogP contribution >= 0.6 is 0 Å². The number of hydrogen-bond acceptors (Lipinski definition) is 3. The molecule has 0 heterocycles. The van der Waals surface area contributed by atoms with Gasteiger partial charge in [0.25, 0.3) is 0 Å². The van der Waals surface area contributed by atoms with Crippen LogP contribution in [0.1, 0.15) is 62.3 Å². The van der Waals surface area contributed by atoms with Gasteiger partial charge in [-0.1, -0.05) is 5.19 Å². The fraction of sp³-hybridized carbons (Fsp3) is 0.706. The normalized spacial score (nSPS) is 11.5. The van der Waals surface area contributed by atoms with Crippen molar-refractivity contribution in [2.45, 2.75) is 79.1 Å². The molecular weight excluding hydrogens is 428 g/mol. The van der Waals surface area contributed by atoms with Gasteiger partial charge in [0.2, 0.25) is 0 Å². The third-order valence-corrected chi connectivity index (χ3v) is 1.98. The molecule has 0 atom stereocenters. The molecule has 0 amide bonds. The summed E-state index contributed by atoms with van der Waals surface area (Å²) in [5.74, 6) is 0. The van der Waals surface area contributed by atoms with Crippen LogP contribution in [0.5, 0.6) is 0 Å². The van der Waals surface area contributed by atoms with Crippen molar-refractivity contribution < 1.29 is 53.8 Å². The van der Waals surface area contributed by atoms with E-state index < -0.39 is 31.1 Å². The van der Waals surface area contributed by atoms with Crippen molar-refractivity contribution >= 4 is 14.3 Å². The quantitative estimate of drug-likeness (QED) is 0.338. The topological polar surface area (TPSA) is 60.7 Å². The van der Waals surface area contributed by atoms with Crippen molar-refractivity contribution in [3.63, 3.8) is 0 Å². The zero-order valence-electron chi connectivity index (χ0n) is 16.8. The minimum absolute atomic E-state index is 0. The second-order valence-corrected chi connectivity index (χ2v) is 9.76. The van der Waals surface area contributed by atoms with Gasteiger partial charge < -0.3 is 15.3 Å². The van der Waals surface area contributed by atoms with Crippen molar-refractivity contribution in [3.8, 4) is 0 Å². The molecule has 0 aliphatic heterocycles. The first-order chi connectivity index (χ1) is 10.1. The van der Waals surface area contributed by atoms with Crippen LogP contribution in [0.3, 0.4) is 0 Å². The maximum atomic E-state index is 11.8. The Balaban J connectivity index is -0.000000122. The third kappa shape index (κ3) is 68.6. The molecule has 0 radical (unpaired) electrons. The second kappa shape index (κ2) is 13.3. The smallest absolute Gasteiger partial charge is 0.391 e. The zero-order chi connectivity index (χ0) is 20.4. The summed E-state index contributed by atoms with van der Waals surface area (Å²) in [4.78, 5) is 0. The summed E-state index contributed by atoms with van der Waals surface area (Å²) in [6.07, 6.45) is 0. The maximum Gasteiger partial charge on any atom is 0.584 e. The molecule has 0 bridgehead atoms. The first kappa shape index (κ1) is 32.8. The number of hydrogen-bond donors (Lipinski definition) is 3. The summed E-state index contributed by atoms with van der Waals surface area (Å²) >= 11 is 0. The Hall–Kier alpha value is 0.120. The van der Waals surface area contributed by atoms with Crippen LogP contribution in [0.25, 0.3) is 0 Å². The monoisotopic (exact) mass is 461 g/mol. The molecule has 0 saturated heterocycles. The Kier molecular flexibility index (Phi) is 17.4. The van der Waals surface area contributed by atoms with E-state index in [1.54, 1.807) is 62.3 Å². The van der Waals surface area contributed by atoms with Crippen LogP contribution in [0.2, 0.25) is 0 Å². The van der Waals surface area contributed by atoms with E-state index in [2.05, 4.69) is 0 Å². The summed E-state index contributed by atoms with van der Waals surface area (Å²) in [5.41, 5.74) is -1.50. The molecule has 0 spiro atoms. The second-order valence-electron chi connectivity index (χ2n) is 8.18. The summed E-state index contributed by atoms with van der Waals surface area (Å²) in [6.45, 7) is 15.7. The molecule has 0 unspecified atom stereocenters. The molecule has 3 N–H and O–H groups in total. The van der Waals surface area contributed by atoms with E-state index in [1.807, 2.05) is 0 Å². The third-order valence-electron chi connectivity index (χ3n) is 0.990. The Morgan fingerprint density at radius 1 is 0.640 bits per heavy atom. The predicted molar refractivity (Wildman–Crippen MR) is 96.7 cm³/mol. The molecule has 1 rings (SSSR count). The van der Waals surface area contributed by atoms with E-state index >= 15 is 0 Å². The van der Waals surface area contributed by atoms with Crippen LogP contribution in [0.15, 0.2) is 24.3 Å². The molecule has 25 heavy (non-hydrogen) atoms. The van der Waals surface area contributed by atoms with Crippen LogP contribution < -0.4 is 5.19 Å². The number of halogens is 3. The van der Waals surface area contributed by atoms with E-state index in [0.29, 0.717) is 0 Å². The van der Waals surface area contributed by atoms with Gasteiger partial charge in [-0.25, -0.2) is 24.5 Å². The molecular formula is C17H34F3O3SiZr-. The largest absolute Gasteiger partial charge is 0.584 e. The summed E-state index contributed by atoms with van der Waals surface area (Å²) in [6, 6.07) is 5.00. The summed E-state index contributed by atoms with van der Waals surface area (Å²) in [7, 11) is -5.48. The Labute approximate surface area is 171 Å². The van der Waals surface area contributed by atoms with Crippen molar-refractivity contribution in [3.05, 3.63) is 24.3 Å². The first-order valence-electron chi connectivity index (χ1n) is 7.57. The molecule has 0 saturated carbocycles. The Morgan fingerprint density at radius 2 is 0.800 bits per heavy atom. The molecule has 0 aliphatic rings. The molecule has 1 aromatic rings. The molecule has 0 fully saturated rings. The molecule has 8 heteroatoms. The van der Waals surface area contributed by atoms with E-state index in [4.69, 9.17) is 15.3 Å². The van der Waals surface area contributed by atoms with Gasteiger partial charge in [0.1, 0.15) is 0 Å². The van der Waals surface area contributed by atoms with Crippen LogP contribution in [0, 0.1) is 0 Å². The van der Waals surface area contributed by atoms with Gasteiger partial charge in [-0.15, -0.1) is 0 Å². The van der Waals surface area contributed by atoms with E-state index in [1.165, 1.54) is 12.1 Å². The molecule has 3 nitrogen and oxygen atoms in total. The van der Waals surface area contributed by atoms with Gasteiger partial charge in [-0.05, 0) is 62.3 Å². The minimum Gasteiger partial charge on any atom is -0.391 e. The average Bonchev–Trinajstić information content (AvgIpc) is 2.58. The van der Waals surface area contributed by atoms with E-state index in [0.717, 1.165) is 12.1 Å². The first-order valence-corrected chi connectivity index (χ1v) is 9.20. The van der Waals surface area contributed by atoms with Gasteiger partial charge >= 0.3 is 9.08 Å². The van der Waals surface area contributed by atoms with Gasteiger partial charge in [0, 0.05) is 26.2 Å². The maximum absolute atomic E-state index is 11.8. The predicted octanol–water partition coefficient (Wildman–Crippen LogP) is 3.79. The minimum atomic E-state index is -5.48. The summed E-state index contributed by atoms with van der Waals surface area (Å²) < 4.78 is 35.3. The zero-order valence-corrected chi connectivity index (χ0v) is 20.2. The van der Waals surface area contributed by atoms with Crippen LogP contribution in [-0.2, 0) is 26.2 Å². The number of rotatable bonds is 1. The Bertz CT molecular complexity index is 354. The van der Waals surface area contributed by atoms with Crippen molar-refractivity contribution in [1.82, 2.24) is 0 Å². The molecule has 0 aromatic heterocycles. The van der Waals surface area contributed by atoms with Crippen LogP contribution in [0.4, 0.5) is 12.3 Å². The van der Waals surface area contributed by atoms with Crippen molar-refractivity contribution in [2.75, 3.05) is 0 Å². The van der Waals surface area contributed by atoms with Crippen molar-refractivity contribution in [1.29, 1.82) is 0 Å². The van der Waals surface area contributed by atoms with Crippen LogP contribution in [-0.4, -0.2) is 41.2 Å². The van der Waals surface area contributed by atoms with Gasteiger partial charge in [-0.2, -0.15) is 12.1 Å². The van der Waals surface area contributed by atoms with Gasteiger partial charge in [0.05, 0.1) is 16.8 Å². The average molecular weight is 463 g/mol. The molecule has 1 aromatic carbocycles. The van der Waals surface area contributed by atoms with Gasteiger partial charge in [0.15, 0.2) is 0 Å². The molecule has 0 aliphatic carbocycles.